The monoisotopic (exact) mass is 656 g/mol. The molecule has 0 aliphatic heterocycles. The minimum absolute atomic E-state index is 0.634. The van der Waals surface area contributed by atoms with Crippen molar-refractivity contribution < 1.29 is 0 Å². The Morgan fingerprint density at radius 1 is 0.380 bits per heavy atom. The number of rotatable bonds is 5. The first kappa shape index (κ1) is 28.6. The predicted octanol–water partition coefficient (Wildman–Crippen LogP) is 12.0. The van der Waals surface area contributed by atoms with Crippen LogP contribution in [0.5, 0.6) is 0 Å². The lowest BCUT2D eigenvalue weighted by Gasteiger charge is -2.17. The maximum Gasteiger partial charge on any atom is 0.166 e. The van der Waals surface area contributed by atoms with Gasteiger partial charge in [0, 0.05) is 53.2 Å². The molecule has 3 heterocycles. The smallest absolute Gasteiger partial charge is 0.166 e. The van der Waals surface area contributed by atoms with Gasteiger partial charge in [0.1, 0.15) is 0 Å². The summed E-state index contributed by atoms with van der Waals surface area (Å²) in [5.41, 5.74) is 8.50. The van der Waals surface area contributed by atoms with Crippen LogP contribution in [0.1, 0.15) is 0 Å². The quantitative estimate of drug-likeness (QED) is 0.185. The molecule has 0 fully saturated rings. The number of hydrogen-bond acceptors (Lipinski definition) is 4. The van der Waals surface area contributed by atoms with E-state index in [1.807, 2.05) is 36.4 Å². The molecule has 3 aromatic heterocycles. The molecular weight excluding hydrogens is 629 g/mol. The maximum absolute atomic E-state index is 5.24. The highest BCUT2D eigenvalue weighted by atomic mass is 32.1. The molecule has 0 radical (unpaired) electrons. The van der Waals surface area contributed by atoms with E-state index in [9.17, 15) is 0 Å². The molecule has 0 bridgehead atoms. The van der Waals surface area contributed by atoms with Crippen LogP contribution in [0.3, 0.4) is 0 Å². The Morgan fingerprint density at radius 2 is 0.940 bits per heavy atom. The zero-order valence-electron chi connectivity index (χ0n) is 26.9. The number of fused-ring (bicyclic) bond motifs is 6. The standard InChI is InChI=1S/C45H28N4S/c1-4-15-29(16-5-1)32-23-14-24-35-33-21-10-12-25-38(33)49(42(32)35)39-27-36-34-22-11-13-26-40(34)50-41(36)28-37(39)45-47-43(30-17-6-2-7-18-30)46-44(48-45)31-19-8-3-9-20-31/h1-28H. The Kier molecular flexibility index (Phi) is 6.64. The summed E-state index contributed by atoms with van der Waals surface area (Å²) >= 11 is 1.80. The van der Waals surface area contributed by atoms with Crippen LogP contribution in [0.2, 0.25) is 0 Å². The molecule has 0 saturated carbocycles. The second-order valence-corrected chi connectivity index (χ2v) is 13.5. The van der Waals surface area contributed by atoms with Crippen molar-refractivity contribution in [3.63, 3.8) is 0 Å². The Balaban J connectivity index is 1.36. The molecule has 0 aliphatic rings. The fourth-order valence-corrected chi connectivity index (χ4v) is 8.30. The van der Waals surface area contributed by atoms with E-state index in [4.69, 9.17) is 15.0 Å². The fourth-order valence-electron chi connectivity index (χ4n) is 7.17. The predicted molar refractivity (Wildman–Crippen MR) is 209 cm³/mol. The minimum atomic E-state index is 0.634. The van der Waals surface area contributed by atoms with E-state index in [2.05, 4.69) is 138 Å². The Hall–Kier alpha value is -6.43. The molecule has 0 unspecified atom stereocenters. The lowest BCUT2D eigenvalue weighted by molar-refractivity contribution is 1.07. The van der Waals surface area contributed by atoms with Gasteiger partial charge >= 0.3 is 0 Å². The SMILES string of the molecule is c1ccc(-c2nc(-c3ccccc3)nc(-c3cc4sc5ccccc5c4cc3-n3c4ccccc4c4cccc(-c5ccccc5)c43)n2)cc1. The fraction of sp³-hybridized carbons (Fsp3) is 0. The Labute approximate surface area is 292 Å². The molecule has 0 N–H and O–H groups in total. The van der Waals surface area contributed by atoms with Crippen LogP contribution in [-0.4, -0.2) is 19.5 Å². The van der Waals surface area contributed by atoms with E-state index in [0.29, 0.717) is 17.5 Å². The molecule has 0 amide bonds. The summed E-state index contributed by atoms with van der Waals surface area (Å²) < 4.78 is 4.88. The van der Waals surface area contributed by atoms with Gasteiger partial charge in [-0.1, -0.05) is 146 Å². The molecular formula is C45H28N4S. The molecule has 0 aliphatic carbocycles. The van der Waals surface area contributed by atoms with Crippen LogP contribution in [0.15, 0.2) is 170 Å². The average Bonchev–Trinajstić information content (AvgIpc) is 3.73. The third kappa shape index (κ3) is 4.63. The first-order valence-corrected chi connectivity index (χ1v) is 17.5. The van der Waals surface area contributed by atoms with E-state index < -0.39 is 0 Å². The summed E-state index contributed by atoms with van der Waals surface area (Å²) in [5, 5.41) is 4.86. The van der Waals surface area contributed by atoms with Crippen LogP contribution in [-0.2, 0) is 0 Å². The van der Waals surface area contributed by atoms with Gasteiger partial charge in [-0.05, 0) is 29.8 Å². The van der Waals surface area contributed by atoms with Crippen molar-refractivity contribution in [2.45, 2.75) is 0 Å². The zero-order valence-corrected chi connectivity index (χ0v) is 27.7. The molecule has 10 rings (SSSR count). The number of aromatic nitrogens is 4. The van der Waals surface area contributed by atoms with Gasteiger partial charge < -0.3 is 4.57 Å². The number of hydrogen-bond donors (Lipinski definition) is 0. The minimum Gasteiger partial charge on any atom is -0.308 e. The van der Waals surface area contributed by atoms with Gasteiger partial charge in [0.15, 0.2) is 17.5 Å². The molecule has 0 saturated heterocycles. The number of benzene rings is 7. The van der Waals surface area contributed by atoms with E-state index in [-0.39, 0.29) is 0 Å². The van der Waals surface area contributed by atoms with Crippen molar-refractivity contribution in [2.24, 2.45) is 0 Å². The first-order chi connectivity index (χ1) is 24.8. The number of thiophene rings is 1. The molecule has 0 spiro atoms. The summed E-state index contributed by atoms with van der Waals surface area (Å²) in [6, 6.07) is 59.7. The largest absolute Gasteiger partial charge is 0.308 e. The average molecular weight is 657 g/mol. The molecule has 10 aromatic rings. The molecule has 0 atom stereocenters. The second-order valence-electron chi connectivity index (χ2n) is 12.4. The van der Waals surface area contributed by atoms with Gasteiger partial charge in [0.05, 0.1) is 16.7 Å². The maximum atomic E-state index is 5.24. The molecule has 50 heavy (non-hydrogen) atoms. The van der Waals surface area contributed by atoms with Crippen LogP contribution >= 0.6 is 11.3 Å². The van der Waals surface area contributed by atoms with Gasteiger partial charge in [-0.25, -0.2) is 15.0 Å². The van der Waals surface area contributed by atoms with Crippen LogP contribution < -0.4 is 0 Å². The van der Waals surface area contributed by atoms with Crippen molar-refractivity contribution in [2.75, 3.05) is 0 Å². The van der Waals surface area contributed by atoms with Crippen molar-refractivity contribution in [1.29, 1.82) is 0 Å². The third-order valence-electron chi connectivity index (χ3n) is 9.46. The van der Waals surface area contributed by atoms with Crippen LogP contribution in [0.4, 0.5) is 0 Å². The summed E-state index contributed by atoms with van der Waals surface area (Å²) in [6.07, 6.45) is 0. The van der Waals surface area contributed by atoms with E-state index in [0.717, 1.165) is 33.4 Å². The second kappa shape index (κ2) is 11.6. The Bertz CT molecular complexity index is 2800. The van der Waals surface area contributed by atoms with Crippen molar-refractivity contribution in [3.8, 4) is 51.0 Å². The van der Waals surface area contributed by atoms with Gasteiger partial charge in [0.2, 0.25) is 0 Å². The van der Waals surface area contributed by atoms with E-state index in [1.54, 1.807) is 11.3 Å². The van der Waals surface area contributed by atoms with Crippen molar-refractivity contribution >= 4 is 53.3 Å². The highest BCUT2D eigenvalue weighted by molar-refractivity contribution is 7.25. The molecule has 5 heteroatoms. The lowest BCUT2D eigenvalue weighted by atomic mass is 10.0. The summed E-state index contributed by atoms with van der Waals surface area (Å²) in [6.45, 7) is 0. The van der Waals surface area contributed by atoms with Crippen LogP contribution in [0.25, 0.3) is 93.0 Å². The normalized spacial score (nSPS) is 11.6. The topological polar surface area (TPSA) is 43.6 Å². The molecule has 234 valence electrons. The van der Waals surface area contributed by atoms with Gasteiger partial charge in [0.25, 0.3) is 0 Å². The number of para-hydroxylation sites is 2. The van der Waals surface area contributed by atoms with Gasteiger partial charge in [-0.15, -0.1) is 11.3 Å². The number of nitrogens with zero attached hydrogens (tertiary/aromatic N) is 4. The highest BCUT2D eigenvalue weighted by Gasteiger charge is 2.23. The Morgan fingerprint density at radius 3 is 1.64 bits per heavy atom. The van der Waals surface area contributed by atoms with E-state index >= 15 is 0 Å². The summed E-state index contributed by atoms with van der Waals surface area (Å²) in [7, 11) is 0. The van der Waals surface area contributed by atoms with Gasteiger partial charge in [-0.3, -0.25) is 0 Å². The van der Waals surface area contributed by atoms with Crippen LogP contribution in [0, 0.1) is 0 Å². The zero-order chi connectivity index (χ0) is 33.0. The third-order valence-corrected chi connectivity index (χ3v) is 10.6. The lowest BCUT2D eigenvalue weighted by Crippen LogP contribution is -2.04. The van der Waals surface area contributed by atoms with Gasteiger partial charge in [-0.2, -0.15) is 0 Å². The van der Waals surface area contributed by atoms with Crippen molar-refractivity contribution in [1.82, 2.24) is 19.5 Å². The molecule has 7 aromatic carbocycles. The highest BCUT2D eigenvalue weighted by Crippen LogP contribution is 2.44. The van der Waals surface area contributed by atoms with Crippen molar-refractivity contribution in [3.05, 3.63) is 170 Å². The van der Waals surface area contributed by atoms with E-state index in [1.165, 1.54) is 42.1 Å². The first-order valence-electron chi connectivity index (χ1n) is 16.7. The summed E-state index contributed by atoms with van der Waals surface area (Å²) in [4.78, 5) is 15.5. The molecule has 4 nitrogen and oxygen atoms in total. The summed E-state index contributed by atoms with van der Waals surface area (Å²) in [5.74, 6) is 1.92.